The summed E-state index contributed by atoms with van der Waals surface area (Å²) in [5.74, 6) is 2.64. The van der Waals surface area contributed by atoms with E-state index in [1.807, 2.05) is 13.8 Å². The van der Waals surface area contributed by atoms with Crippen LogP contribution in [0, 0.1) is 11.8 Å². The standard InChI is InChI=1S/C15H26N4O/c1-11(2)20-15-10-17-9-14(19-15)18-8-13-6-4-3-5-12(13)7-16/h9-13H,3-8,16H2,1-2H3,(H,18,19). The Labute approximate surface area is 121 Å². The van der Waals surface area contributed by atoms with E-state index in [2.05, 4.69) is 15.3 Å². The molecule has 2 atom stereocenters. The average molecular weight is 278 g/mol. The van der Waals surface area contributed by atoms with Gasteiger partial charge >= 0.3 is 0 Å². The third kappa shape index (κ3) is 4.34. The highest BCUT2D eigenvalue weighted by Gasteiger charge is 2.23. The molecule has 0 aromatic carbocycles. The lowest BCUT2D eigenvalue weighted by Gasteiger charge is -2.30. The van der Waals surface area contributed by atoms with Crippen LogP contribution in [-0.4, -0.2) is 29.2 Å². The summed E-state index contributed by atoms with van der Waals surface area (Å²) in [4.78, 5) is 8.59. The molecule has 0 spiro atoms. The molecule has 1 aromatic rings. The molecule has 2 rings (SSSR count). The maximum absolute atomic E-state index is 5.87. The summed E-state index contributed by atoms with van der Waals surface area (Å²) in [6.07, 6.45) is 8.64. The number of rotatable bonds is 6. The van der Waals surface area contributed by atoms with E-state index in [0.29, 0.717) is 17.7 Å². The Morgan fingerprint density at radius 3 is 2.75 bits per heavy atom. The van der Waals surface area contributed by atoms with Crippen molar-refractivity contribution in [1.82, 2.24) is 9.97 Å². The Morgan fingerprint density at radius 2 is 2.05 bits per heavy atom. The van der Waals surface area contributed by atoms with Crippen LogP contribution in [0.15, 0.2) is 12.4 Å². The fraction of sp³-hybridized carbons (Fsp3) is 0.733. The molecule has 0 radical (unpaired) electrons. The summed E-state index contributed by atoms with van der Waals surface area (Å²) < 4.78 is 5.56. The maximum atomic E-state index is 5.87. The van der Waals surface area contributed by atoms with Gasteiger partial charge in [0.2, 0.25) is 5.88 Å². The van der Waals surface area contributed by atoms with Crippen molar-refractivity contribution in [2.24, 2.45) is 17.6 Å². The van der Waals surface area contributed by atoms with Gasteiger partial charge in [-0.05, 0) is 45.1 Å². The first-order valence-corrected chi connectivity index (χ1v) is 7.61. The second-order valence-electron chi connectivity index (χ2n) is 5.83. The highest BCUT2D eigenvalue weighted by molar-refractivity contribution is 5.33. The van der Waals surface area contributed by atoms with E-state index < -0.39 is 0 Å². The molecule has 0 saturated heterocycles. The molecule has 1 fully saturated rings. The van der Waals surface area contributed by atoms with Crippen LogP contribution in [0.1, 0.15) is 39.5 Å². The molecule has 0 aliphatic heterocycles. The molecular weight excluding hydrogens is 252 g/mol. The molecule has 1 heterocycles. The second-order valence-corrected chi connectivity index (χ2v) is 5.83. The number of hydrogen-bond acceptors (Lipinski definition) is 5. The molecule has 112 valence electrons. The highest BCUT2D eigenvalue weighted by atomic mass is 16.5. The molecule has 1 aromatic heterocycles. The quantitative estimate of drug-likeness (QED) is 0.836. The molecule has 0 amide bonds. The van der Waals surface area contributed by atoms with E-state index in [4.69, 9.17) is 10.5 Å². The van der Waals surface area contributed by atoms with Crippen molar-refractivity contribution in [3.63, 3.8) is 0 Å². The van der Waals surface area contributed by atoms with Crippen molar-refractivity contribution in [3.8, 4) is 5.88 Å². The topological polar surface area (TPSA) is 73.1 Å². The summed E-state index contributed by atoms with van der Waals surface area (Å²) in [6.45, 7) is 5.67. The smallest absolute Gasteiger partial charge is 0.234 e. The molecule has 1 aliphatic rings. The fourth-order valence-electron chi connectivity index (χ4n) is 2.83. The zero-order chi connectivity index (χ0) is 14.4. The lowest BCUT2D eigenvalue weighted by atomic mass is 9.79. The third-order valence-corrected chi connectivity index (χ3v) is 3.88. The Morgan fingerprint density at radius 1 is 1.30 bits per heavy atom. The largest absolute Gasteiger partial charge is 0.474 e. The Hall–Kier alpha value is -1.36. The van der Waals surface area contributed by atoms with Crippen LogP contribution in [0.5, 0.6) is 5.88 Å². The van der Waals surface area contributed by atoms with Gasteiger partial charge in [0.1, 0.15) is 5.82 Å². The van der Waals surface area contributed by atoms with E-state index >= 15 is 0 Å². The number of nitrogens with zero attached hydrogens (tertiary/aromatic N) is 2. The van der Waals surface area contributed by atoms with E-state index in [-0.39, 0.29) is 6.10 Å². The maximum Gasteiger partial charge on any atom is 0.234 e. The predicted molar refractivity (Wildman–Crippen MR) is 80.8 cm³/mol. The third-order valence-electron chi connectivity index (χ3n) is 3.88. The van der Waals surface area contributed by atoms with Gasteiger partial charge < -0.3 is 15.8 Å². The van der Waals surface area contributed by atoms with Crippen LogP contribution in [0.25, 0.3) is 0 Å². The second kappa shape index (κ2) is 7.43. The molecule has 5 nitrogen and oxygen atoms in total. The molecule has 3 N–H and O–H groups in total. The molecule has 20 heavy (non-hydrogen) atoms. The van der Waals surface area contributed by atoms with E-state index in [9.17, 15) is 0 Å². The SMILES string of the molecule is CC(C)Oc1cncc(NCC2CCCCC2CN)n1. The van der Waals surface area contributed by atoms with Gasteiger partial charge in [-0.1, -0.05) is 12.8 Å². The number of ether oxygens (including phenoxy) is 1. The van der Waals surface area contributed by atoms with Crippen molar-refractivity contribution in [1.29, 1.82) is 0 Å². The predicted octanol–water partition coefficient (Wildman–Crippen LogP) is 2.44. The molecule has 5 heteroatoms. The van der Waals surface area contributed by atoms with Crippen molar-refractivity contribution in [3.05, 3.63) is 12.4 Å². The average Bonchev–Trinajstić information content (AvgIpc) is 2.45. The monoisotopic (exact) mass is 278 g/mol. The minimum atomic E-state index is 0.111. The molecule has 1 aliphatic carbocycles. The molecule has 1 saturated carbocycles. The van der Waals surface area contributed by atoms with Gasteiger partial charge in [0.15, 0.2) is 0 Å². The van der Waals surface area contributed by atoms with Crippen molar-refractivity contribution < 1.29 is 4.74 Å². The van der Waals surface area contributed by atoms with Crippen LogP contribution in [0.2, 0.25) is 0 Å². The lowest BCUT2D eigenvalue weighted by Crippen LogP contribution is -2.31. The van der Waals surface area contributed by atoms with Gasteiger partial charge in [0.25, 0.3) is 0 Å². The van der Waals surface area contributed by atoms with Gasteiger partial charge in [-0.3, -0.25) is 4.98 Å². The lowest BCUT2D eigenvalue weighted by molar-refractivity contribution is 0.231. The zero-order valence-corrected chi connectivity index (χ0v) is 12.5. The molecular formula is C15H26N4O. The Balaban J connectivity index is 1.89. The van der Waals surface area contributed by atoms with Gasteiger partial charge in [-0.15, -0.1) is 0 Å². The summed E-state index contributed by atoms with van der Waals surface area (Å²) in [5, 5.41) is 3.38. The zero-order valence-electron chi connectivity index (χ0n) is 12.5. The van der Waals surface area contributed by atoms with Gasteiger partial charge in [0.05, 0.1) is 18.5 Å². The number of anilines is 1. The number of nitrogens with one attached hydrogen (secondary N) is 1. The fourth-order valence-corrected chi connectivity index (χ4v) is 2.83. The summed E-state index contributed by atoms with van der Waals surface area (Å²) >= 11 is 0. The summed E-state index contributed by atoms with van der Waals surface area (Å²) in [6, 6.07) is 0. The number of nitrogens with two attached hydrogens (primary N) is 1. The van der Waals surface area contributed by atoms with Crippen LogP contribution in [0.4, 0.5) is 5.82 Å². The van der Waals surface area contributed by atoms with Gasteiger partial charge in [-0.2, -0.15) is 4.98 Å². The Kier molecular flexibility index (Phi) is 5.59. The van der Waals surface area contributed by atoms with Crippen molar-refractivity contribution >= 4 is 5.82 Å². The van der Waals surface area contributed by atoms with Crippen LogP contribution < -0.4 is 15.8 Å². The number of aromatic nitrogens is 2. The van der Waals surface area contributed by atoms with E-state index in [1.165, 1.54) is 25.7 Å². The van der Waals surface area contributed by atoms with Gasteiger partial charge in [0, 0.05) is 6.54 Å². The normalized spacial score (nSPS) is 22.8. The van der Waals surface area contributed by atoms with Gasteiger partial charge in [-0.25, -0.2) is 0 Å². The minimum absolute atomic E-state index is 0.111. The van der Waals surface area contributed by atoms with Crippen LogP contribution in [-0.2, 0) is 0 Å². The summed E-state index contributed by atoms with van der Waals surface area (Å²) in [5.41, 5.74) is 5.87. The van der Waals surface area contributed by atoms with E-state index in [1.54, 1.807) is 12.4 Å². The Bertz CT molecular complexity index is 411. The first kappa shape index (κ1) is 15.0. The van der Waals surface area contributed by atoms with E-state index in [0.717, 1.165) is 18.9 Å². The minimum Gasteiger partial charge on any atom is -0.474 e. The number of hydrogen-bond donors (Lipinski definition) is 2. The van der Waals surface area contributed by atoms with Crippen LogP contribution >= 0.6 is 0 Å². The first-order chi connectivity index (χ1) is 9.69. The van der Waals surface area contributed by atoms with Crippen molar-refractivity contribution in [2.45, 2.75) is 45.6 Å². The highest BCUT2D eigenvalue weighted by Crippen LogP contribution is 2.29. The molecule has 0 bridgehead atoms. The molecule has 2 unspecified atom stereocenters. The summed E-state index contributed by atoms with van der Waals surface area (Å²) in [7, 11) is 0. The van der Waals surface area contributed by atoms with Crippen molar-refractivity contribution in [2.75, 3.05) is 18.4 Å². The first-order valence-electron chi connectivity index (χ1n) is 7.61. The van der Waals surface area contributed by atoms with Crippen LogP contribution in [0.3, 0.4) is 0 Å².